The first kappa shape index (κ1) is 24.2. The number of benzene rings is 2. The zero-order valence-corrected chi connectivity index (χ0v) is 18.9. The van der Waals surface area contributed by atoms with Crippen LogP contribution in [0.5, 0.6) is 11.8 Å². The van der Waals surface area contributed by atoms with E-state index >= 15 is 0 Å². The Hall–Kier alpha value is -4.55. The minimum Gasteiger partial charge on any atom is -0.454 e. The minimum atomic E-state index is -4.62. The molecule has 190 valence electrons. The van der Waals surface area contributed by atoms with Crippen molar-refractivity contribution in [2.75, 3.05) is 6.61 Å². The first-order valence-corrected chi connectivity index (χ1v) is 10.7. The molecule has 0 spiro atoms. The van der Waals surface area contributed by atoms with Crippen LogP contribution >= 0.6 is 0 Å². The van der Waals surface area contributed by atoms with Crippen LogP contribution in [-0.2, 0) is 7.05 Å². The molecule has 0 bridgehead atoms. The van der Waals surface area contributed by atoms with Gasteiger partial charge in [0, 0.05) is 42.1 Å². The Morgan fingerprint density at radius 2 is 1.78 bits per heavy atom. The molecule has 3 heterocycles. The summed E-state index contributed by atoms with van der Waals surface area (Å²) in [6.07, 6.45) is -0.137. The fourth-order valence-corrected chi connectivity index (χ4v) is 3.85. The normalized spacial score (nSPS) is 12.0. The van der Waals surface area contributed by atoms with Gasteiger partial charge in [0.25, 0.3) is 5.56 Å². The lowest BCUT2D eigenvalue weighted by Crippen LogP contribution is -2.22. The van der Waals surface area contributed by atoms with Gasteiger partial charge in [-0.05, 0) is 35.9 Å². The summed E-state index contributed by atoms with van der Waals surface area (Å²) in [7, 11) is 1.76. The Labute approximate surface area is 204 Å². The summed E-state index contributed by atoms with van der Waals surface area (Å²) in [5.41, 5.74) is 0.950. The first-order valence-electron chi connectivity index (χ1n) is 10.7. The standard InChI is InChI=1S/C24H16F5N5O3/c1-33-10-14-8-16(4-7-18(14)32-33)34-11-15-9-30-23(36-12-24(27,28)29)31-20(15)19(21(34)35)13-2-5-17(6-3-13)37-22(25)26/h2-11,22H,12H2,1H3. The number of ether oxygens (including phenoxy) is 2. The molecule has 37 heavy (non-hydrogen) atoms. The van der Waals surface area contributed by atoms with Crippen molar-refractivity contribution in [3.05, 3.63) is 71.4 Å². The van der Waals surface area contributed by atoms with Crippen LogP contribution in [-0.4, -0.2) is 43.7 Å². The van der Waals surface area contributed by atoms with Crippen molar-refractivity contribution in [2.24, 2.45) is 7.05 Å². The molecular formula is C24H16F5N5O3. The fraction of sp³-hybridized carbons (Fsp3) is 0.167. The van der Waals surface area contributed by atoms with Crippen molar-refractivity contribution in [1.82, 2.24) is 24.3 Å². The second kappa shape index (κ2) is 9.15. The molecule has 0 aliphatic rings. The van der Waals surface area contributed by atoms with E-state index in [1.165, 1.54) is 41.2 Å². The Balaban J connectivity index is 1.69. The summed E-state index contributed by atoms with van der Waals surface area (Å²) >= 11 is 0. The number of hydrogen-bond donors (Lipinski definition) is 0. The molecule has 0 fully saturated rings. The second-order valence-corrected chi connectivity index (χ2v) is 7.99. The van der Waals surface area contributed by atoms with Crippen molar-refractivity contribution >= 4 is 21.8 Å². The average molecular weight is 517 g/mol. The van der Waals surface area contributed by atoms with Gasteiger partial charge >= 0.3 is 18.8 Å². The van der Waals surface area contributed by atoms with Gasteiger partial charge in [0.1, 0.15) is 5.75 Å². The zero-order chi connectivity index (χ0) is 26.3. The topological polar surface area (TPSA) is 84.1 Å². The molecule has 13 heteroatoms. The van der Waals surface area contributed by atoms with E-state index in [0.29, 0.717) is 16.6 Å². The lowest BCUT2D eigenvalue weighted by Gasteiger charge is -2.14. The highest BCUT2D eigenvalue weighted by Gasteiger charge is 2.29. The van der Waals surface area contributed by atoms with Crippen molar-refractivity contribution in [3.8, 4) is 28.6 Å². The Bertz CT molecular complexity index is 1660. The van der Waals surface area contributed by atoms with Crippen LogP contribution in [0.1, 0.15) is 0 Å². The molecule has 0 aliphatic heterocycles. The summed E-state index contributed by atoms with van der Waals surface area (Å²) < 4.78 is 75.1. The highest BCUT2D eigenvalue weighted by atomic mass is 19.4. The van der Waals surface area contributed by atoms with E-state index in [0.717, 1.165) is 5.39 Å². The molecule has 0 saturated heterocycles. The highest BCUT2D eigenvalue weighted by molar-refractivity contribution is 5.93. The fourth-order valence-electron chi connectivity index (χ4n) is 3.85. The average Bonchev–Trinajstić information content (AvgIpc) is 3.21. The summed E-state index contributed by atoms with van der Waals surface area (Å²) in [4.78, 5) is 21.6. The lowest BCUT2D eigenvalue weighted by atomic mass is 10.0. The molecule has 0 N–H and O–H groups in total. The Kier molecular flexibility index (Phi) is 5.97. The van der Waals surface area contributed by atoms with Gasteiger partial charge < -0.3 is 9.47 Å². The monoisotopic (exact) mass is 517 g/mol. The van der Waals surface area contributed by atoms with Gasteiger partial charge in [-0.2, -0.15) is 32.0 Å². The van der Waals surface area contributed by atoms with Crippen molar-refractivity contribution < 1.29 is 31.4 Å². The predicted octanol–water partition coefficient (Wildman–Crippen LogP) is 4.88. The van der Waals surface area contributed by atoms with E-state index < -0.39 is 31.0 Å². The minimum absolute atomic E-state index is 0.00615. The summed E-state index contributed by atoms with van der Waals surface area (Å²) in [6, 6.07) is 9.85. The number of alkyl halides is 5. The van der Waals surface area contributed by atoms with Crippen LogP contribution < -0.4 is 15.0 Å². The molecule has 3 aromatic heterocycles. The van der Waals surface area contributed by atoms with Crippen LogP contribution in [0.15, 0.2) is 65.8 Å². The molecule has 5 aromatic rings. The van der Waals surface area contributed by atoms with Gasteiger partial charge in [0.05, 0.1) is 16.6 Å². The summed E-state index contributed by atoms with van der Waals surface area (Å²) in [5.74, 6) is -0.134. The summed E-state index contributed by atoms with van der Waals surface area (Å²) in [5, 5.41) is 5.41. The quantitative estimate of drug-likeness (QED) is 0.299. The largest absolute Gasteiger partial charge is 0.454 e. The second-order valence-electron chi connectivity index (χ2n) is 7.99. The molecule has 0 atom stereocenters. The van der Waals surface area contributed by atoms with Gasteiger partial charge in [0.2, 0.25) is 0 Å². The molecule has 8 nitrogen and oxygen atoms in total. The number of rotatable bonds is 6. The maximum absolute atomic E-state index is 13.7. The summed E-state index contributed by atoms with van der Waals surface area (Å²) in [6.45, 7) is -4.65. The van der Waals surface area contributed by atoms with Gasteiger partial charge in [-0.3, -0.25) is 14.0 Å². The number of halogens is 5. The van der Waals surface area contributed by atoms with Gasteiger partial charge in [-0.1, -0.05) is 12.1 Å². The van der Waals surface area contributed by atoms with Gasteiger partial charge in [-0.25, -0.2) is 4.98 Å². The smallest absolute Gasteiger partial charge is 0.422 e. The number of fused-ring (bicyclic) bond motifs is 2. The SMILES string of the molecule is Cn1cc2cc(-n3cc4cnc(OCC(F)(F)F)nc4c(-c4ccc(OC(F)F)cc4)c3=O)ccc2n1. The van der Waals surface area contributed by atoms with Crippen LogP contribution in [0, 0.1) is 0 Å². The van der Waals surface area contributed by atoms with Gasteiger partial charge in [0.15, 0.2) is 6.61 Å². The van der Waals surface area contributed by atoms with E-state index in [9.17, 15) is 26.7 Å². The van der Waals surface area contributed by atoms with Crippen molar-refractivity contribution in [1.29, 1.82) is 0 Å². The maximum atomic E-state index is 13.7. The van der Waals surface area contributed by atoms with Crippen molar-refractivity contribution in [3.63, 3.8) is 0 Å². The first-order chi connectivity index (χ1) is 17.6. The van der Waals surface area contributed by atoms with Crippen LogP contribution in [0.25, 0.3) is 38.6 Å². The Morgan fingerprint density at radius 3 is 2.49 bits per heavy atom. The van der Waals surface area contributed by atoms with E-state index in [-0.39, 0.29) is 22.4 Å². The van der Waals surface area contributed by atoms with Crippen LogP contribution in [0.4, 0.5) is 22.0 Å². The third kappa shape index (κ3) is 5.06. The van der Waals surface area contributed by atoms with Crippen LogP contribution in [0.3, 0.4) is 0 Å². The molecule has 0 radical (unpaired) electrons. The molecule has 5 rings (SSSR count). The zero-order valence-electron chi connectivity index (χ0n) is 18.9. The molecule has 0 aliphatic carbocycles. The van der Waals surface area contributed by atoms with Crippen molar-refractivity contribution in [2.45, 2.75) is 12.8 Å². The number of aryl methyl sites for hydroxylation is 1. The van der Waals surface area contributed by atoms with Crippen LogP contribution in [0.2, 0.25) is 0 Å². The number of hydrogen-bond acceptors (Lipinski definition) is 6. The molecular weight excluding hydrogens is 501 g/mol. The van der Waals surface area contributed by atoms with E-state index in [2.05, 4.69) is 24.5 Å². The van der Waals surface area contributed by atoms with Gasteiger partial charge in [-0.15, -0.1) is 0 Å². The van der Waals surface area contributed by atoms with E-state index in [1.807, 2.05) is 0 Å². The molecule has 0 saturated carbocycles. The Morgan fingerprint density at radius 1 is 1.03 bits per heavy atom. The predicted molar refractivity (Wildman–Crippen MR) is 123 cm³/mol. The van der Waals surface area contributed by atoms with E-state index in [1.54, 1.807) is 36.1 Å². The van der Waals surface area contributed by atoms with E-state index in [4.69, 9.17) is 0 Å². The number of pyridine rings is 1. The molecule has 0 unspecified atom stereocenters. The third-order valence-corrected chi connectivity index (χ3v) is 5.35. The lowest BCUT2D eigenvalue weighted by molar-refractivity contribution is -0.154. The third-order valence-electron chi connectivity index (χ3n) is 5.35. The number of nitrogens with zero attached hydrogens (tertiary/aromatic N) is 5. The molecule has 0 amide bonds. The highest BCUT2D eigenvalue weighted by Crippen LogP contribution is 2.29. The molecule has 2 aromatic carbocycles. The number of aromatic nitrogens is 5. The maximum Gasteiger partial charge on any atom is 0.422 e.